The van der Waals surface area contributed by atoms with E-state index in [2.05, 4.69) is 0 Å². The maximum Gasteiger partial charge on any atom is 0.323 e. The van der Waals surface area contributed by atoms with Crippen LogP contribution in [0.15, 0.2) is 0 Å². The normalized spacial score (nSPS) is 16.7. The number of rotatable bonds is 6. The van der Waals surface area contributed by atoms with Crippen LogP contribution in [0, 0.1) is 0 Å². The summed E-state index contributed by atoms with van der Waals surface area (Å²) >= 11 is 0. The largest absolute Gasteiger partial charge is 0.459 e. The first-order valence-electron chi connectivity index (χ1n) is 7.79. The van der Waals surface area contributed by atoms with Crippen LogP contribution in [0.5, 0.6) is 0 Å². The Morgan fingerprint density at radius 3 is 1.48 bits per heavy atom. The van der Waals surface area contributed by atoms with Gasteiger partial charge in [-0.15, -0.1) is 0 Å². The SMILES string of the molecule is CC(C(=O)OC(C)(C)C)N(CC(N)O)C(C)C(=O)OC(C)(C)C. The summed E-state index contributed by atoms with van der Waals surface area (Å²) in [4.78, 5) is 26.0. The highest BCUT2D eigenvalue weighted by Crippen LogP contribution is 2.16. The first kappa shape index (κ1) is 21.8. The summed E-state index contributed by atoms with van der Waals surface area (Å²) in [6.45, 7) is 13.7. The smallest absolute Gasteiger partial charge is 0.323 e. The maximum atomic E-state index is 12.3. The van der Waals surface area contributed by atoms with E-state index in [1.807, 2.05) is 0 Å². The first-order chi connectivity index (χ1) is 10.1. The molecule has 0 aliphatic rings. The Labute approximate surface area is 139 Å². The van der Waals surface area contributed by atoms with Gasteiger partial charge >= 0.3 is 11.9 Å². The molecule has 3 unspecified atom stereocenters. The molecule has 0 heterocycles. The van der Waals surface area contributed by atoms with Gasteiger partial charge in [0.15, 0.2) is 0 Å². The number of nitrogens with zero attached hydrogens (tertiary/aromatic N) is 1. The van der Waals surface area contributed by atoms with Crippen molar-refractivity contribution in [2.75, 3.05) is 6.54 Å². The van der Waals surface area contributed by atoms with Crippen LogP contribution in [0.3, 0.4) is 0 Å². The zero-order valence-electron chi connectivity index (χ0n) is 15.5. The average Bonchev–Trinajstić information content (AvgIpc) is 2.29. The number of carbonyl (C=O) groups excluding carboxylic acids is 2. The van der Waals surface area contributed by atoms with Crippen molar-refractivity contribution in [1.29, 1.82) is 0 Å². The summed E-state index contributed by atoms with van der Waals surface area (Å²) in [7, 11) is 0. The number of ether oxygens (including phenoxy) is 2. The van der Waals surface area contributed by atoms with Crippen molar-refractivity contribution < 1.29 is 24.2 Å². The summed E-state index contributed by atoms with van der Waals surface area (Å²) in [6, 6.07) is -1.51. The lowest BCUT2D eigenvalue weighted by atomic mass is 10.1. The number of hydrogen-bond acceptors (Lipinski definition) is 7. The van der Waals surface area contributed by atoms with Crippen LogP contribution in [-0.2, 0) is 19.1 Å². The van der Waals surface area contributed by atoms with Gasteiger partial charge in [0.2, 0.25) is 0 Å². The van der Waals surface area contributed by atoms with Crippen LogP contribution in [0.4, 0.5) is 0 Å². The second kappa shape index (κ2) is 8.08. The summed E-state index contributed by atoms with van der Waals surface area (Å²) in [5.41, 5.74) is 4.14. The summed E-state index contributed by atoms with van der Waals surface area (Å²) < 4.78 is 10.7. The molecule has 3 atom stereocenters. The van der Waals surface area contributed by atoms with E-state index in [0.717, 1.165) is 0 Å². The van der Waals surface area contributed by atoms with Gasteiger partial charge in [-0.2, -0.15) is 0 Å². The van der Waals surface area contributed by atoms with Crippen molar-refractivity contribution in [2.45, 2.75) is 84.9 Å². The lowest BCUT2D eigenvalue weighted by Crippen LogP contribution is -2.54. The monoisotopic (exact) mass is 332 g/mol. The minimum Gasteiger partial charge on any atom is -0.459 e. The number of nitrogens with two attached hydrogens (primary N) is 1. The number of hydrogen-bond donors (Lipinski definition) is 2. The highest BCUT2D eigenvalue weighted by molar-refractivity contribution is 5.79. The molecule has 0 rings (SSSR count). The molecular weight excluding hydrogens is 300 g/mol. The Balaban J connectivity index is 5.19. The molecule has 0 aromatic rings. The molecule has 0 aliphatic carbocycles. The van der Waals surface area contributed by atoms with E-state index in [4.69, 9.17) is 15.2 Å². The van der Waals surface area contributed by atoms with Crippen molar-refractivity contribution in [3.05, 3.63) is 0 Å². The minimum absolute atomic E-state index is 0.0547. The van der Waals surface area contributed by atoms with Crippen LogP contribution < -0.4 is 5.73 Å². The molecule has 136 valence electrons. The van der Waals surface area contributed by atoms with Crippen molar-refractivity contribution in [3.8, 4) is 0 Å². The van der Waals surface area contributed by atoms with Crippen LogP contribution >= 0.6 is 0 Å². The maximum absolute atomic E-state index is 12.3. The Kier molecular flexibility index (Phi) is 7.66. The van der Waals surface area contributed by atoms with Crippen molar-refractivity contribution in [2.24, 2.45) is 5.73 Å². The Bertz CT molecular complexity index is 376. The molecule has 0 aliphatic heterocycles. The number of aliphatic hydroxyl groups is 1. The van der Waals surface area contributed by atoms with E-state index in [-0.39, 0.29) is 6.54 Å². The molecule has 0 saturated carbocycles. The topological polar surface area (TPSA) is 102 Å². The summed E-state index contributed by atoms with van der Waals surface area (Å²) in [5.74, 6) is -0.984. The third-order valence-electron chi connectivity index (χ3n) is 2.89. The molecule has 0 fully saturated rings. The molecule has 3 N–H and O–H groups in total. The van der Waals surface area contributed by atoms with Crippen molar-refractivity contribution >= 4 is 11.9 Å². The fourth-order valence-corrected chi connectivity index (χ4v) is 1.91. The van der Waals surface area contributed by atoms with Crippen molar-refractivity contribution in [3.63, 3.8) is 0 Å². The van der Waals surface area contributed by atoms with Crippen LogP contribution in [0.25, 0.3) is 0 Å². The molecule has 0 radical (unpaired) electrons. The molecule has 0 saturated heterocycles. The van der Waals surface area contributed by atoms with Gasteiger partial charge < -0.3 is 20.3 Å². The Hall–Kier alpha value is -1.18. The number of carbonyl (C=O) groups is 2. The molecular formula is C16H32N2O5. The molecule has 7 nitrogen and oxygen atoms in total. The predicted octanol–water partition coefficient (Wildman–Crippen LogP) is 1.03. The van der Waals surface area contributed by atoms with Gasteiger partial charge in [0.1, 0.15) is 29.5 Å². The molecule has 0 amide bonds. The predicted molar refractivity (Wildman–Crippen MR) is 87.5 cm³/mol. The molecule has 7 heteroatoms. The zero-order chi connectivity index (χ0) is 18.6. The molecule has 0 aromatic carbocycles. The highest BCUT2D eigenvalue weighted by Gasteiger charge is 2.35. The lowest BCUT2D eigenvalue weighted by molar-refractivity contribution is -0.168. The summed E-state index contributed by atoms with van der Waals surface area (Å²) in [5, 5.41) is 9.48. The quantitative estimate of drug-likeness (QED) is 0.553. The average molecular weight is 332 g/mol. The van der Waals surface area contributed by atoms with E-state index in [0.29, 0.717) is 0 Å². The van der Waals surface area contributed by atoms with E-state index in [1.54, 1.807) is 55.4 Å². The lowest BCUT2D eigenvalue weighted by Gasteiger charge is -2.35. The van der Waals surface area contributed by atoms with Crippen molar-refractivity contribution in [1.82, 2.24) is 4.90 Å². The van der Waals surface area contributed by atoms with Gasteiger partial charge in [-0.05, 0) is 55.4 Å². The number of esters is 2. The molecule has 23 heavy (non-hydrogen) atoms. The van der Waals surface area contributed by atoms with Gasteiger partial charge in [-0.1, -0.05) is 0 Å². The second-order valence-electron chi connectivity index (χ2n) is 7.68. The first-order valence-corrected chi connectivity index (χ1v) is 7.79. The third-order valence-corrected chi connectivity index (χ3v) is 2.89. The van der Waals surface area contributed by atoms with Gasteiger partial charge in [0.25, 0.3) is 0 Å². The minimum atomic E-state index is -1.19. The van der Waals surface area contributed by atoms with Crippen LogP contribution in [0.1, 0.15) is 55.4 Å². The number of aliphatic hydroxyl groups excluding tert-OH is 1. The second-order valence-corrected chi connectivity index (χ2v) is 7.68. The van der Waals surface area contributed by atoms with E-state index >= 15 is 0 Å². The molecule has 0 bridgehead atoms. The third kappa shape index (κ3) is 8.88. The van der Waals surface area contributed by atoms with E-state index < -0.39 is 41.5 Å². The van der Waals surface area contributed by atoms with Gasteiger partial charge in [-0.25, -0.2) is 0 Å². The fraction of sp³-hybridized carbons (Fsp3) is 0.875. The van der Waals surface area contributed by atoms with Gasteiger partial charge in [0.05, 0.1) is 0 Å². The summed E-state index contributed by atoms with van der Waals surface area (Å²) in [6.07, 6.45) is -1.19. The van der Waals surface area contributed by atoms with E-state index in [9.17, 15) is 14.7 Å². The zero-order valence-corrected chi connectivity index (χ0v) is 15.5. The standard InChI is InChI=1S/C16H32N2O5/c1-10(13(20)22-15(3,4)5)18(9-12(17)19)11(2)14(21)23-16(6,7)8/h10-12,19H,9,17H2,1-8H3. The van der Waals surface area contributed by atoms with E-state index in [1.165, 1.54) is 4.90 Å². The molecule has 0 spiro atoms. The fourth-order valence-electron chi connectivity index (χ4n) is 1.91. The molecule has 0 aromatic heterocycles. The Morgan fingerprint density at radius 1 is 0.957 bits per heavy atom. The van der Waals surface area contributed by atoms with Crippen LogP contribution in [0.2, 0.25) is 0 Å². The van der Waals surface area contributed by atoms with Gasteiger partial charge in [0, 0.05) is 6.54 Å². The highest BCUT2D eigenvalue weighted by atomic mass is 16.6. The van der Waals surface area contributed by atoms with Gasteiger partial charge in [-0.3, -0.25) is 14.5 Å². The van der Waals surface area contributed by atoms with Crippen LogP contribution in [-0.4, -0.2) is 58.0 Å². The Morgan fingerprint density at radius 2 is 1.26 bits per heavy atom.